The molecule has 2 aromatic carbocycles. The fourth-order valence-electron chi connectivity index (χ4n) is 3.12. The fraction of sp³-hybridized carbons (Fsp3) is 0.130. The second kappa shape index (κ2) is 6.86. The van der Waals surface area contributed by atoms with Crippen LogP contribution in [0.4, 0.5) is 0 Å². The van der Waals surface area contributed by atoms with Crippen LogP contribution >= 0.6 is 0 Å². The highest BCUT2D eigenvalue weighted by atomic mass is 14.9. The quantitative estimate of drug-likeness (QED) is 0.603. The summed E-state index contributed by atoms with van der Waals surface area (Å²) in [6.07, 6.45) is 9.00. The molecule has 0 N–H and O–H groups in total. The SMILES string of the molecule is Cc1cc(-c2cccc(C3=CCCC=C3)c2)nc(-c2ccccc2)n1. The Hall–Kier alpha value is -3.00. The van der Waals surface area contributed by atoms with E-state index in [4.69, 9.17) is 4.98 Å². The topological polar surface area (TPSA) is 25.8 Å². The lowest BCUT2D eigenvalue weighted by Gasteiger charge is -2.10. The monoisotopic (exact) mass is 324 g/mol. The first-order valence-corrected chi connectivity index (χ1v) is 8.68. The van der Waals surface area contributed by atoms with E-state index < -0.39 is 0 Å². The molecule has 0 bridgehead atoms. The summed E-state index contributed by atoms with van der Waals surface area (Å²) >= 11 is 0. The van der Waals surface area contributed by atoms with Crippen LogP contribution < -0.4 is 0 Å². The van der Waals surface area contributed by atoms with Crippen molar-refractivity contribution in [2.24, 2.45) is 0 Å². The lowest BCUT2D eigenvalue weighted by Crippen LogP contribution is -1.95. The van der Waals surface area contributed by atoms with Crippen molar-refractivity contribution in [3.63, 3.8) is 0 Å². The Morgan fingerprint density at radius 2 is 1.56 bits per heavy atom. The molecule has 0 atom stereocenters. The van der Waals surface area contributed by atoms with E-state index in [1.165, 1.54) is 11.1 Å². The van der Waals surface area contributed by atoms with Crippen LogP contribution in [-0.2, 0) is 0 Å². The van der Waals surface area contributed by atoms with Crippen molar-refractivity contribution in [2.45, 2.75) is 19.8 Å². The van der Waals surface area contributed by atoms with Gasteiger partial charge in [0.05, 0.1) is 5.69 Å². The second-order valence-electron chi connectivity index (χ2n) is 6.30. The number of hydrogen-bond acceptors (Lipinski definition) is 2. The van der Waals surface area contributed by atoms with Crippen LogP contribution in [0.3, 0.4) is 0 Å². The summed E-state index contributed by atoms with van der Waals surface area (Å²) in [5.41, 5.74) is 6.65. The molecule has 0 amide bonds. The number of hydrogen-bond donors (Lipinski definition) is 0. The number of allylic oxidation sites excluding steroid dienone is 4. The van der Waals surface area contributed by atoms with Crippen LogP contribution in [-0.4, -0.2) is 9.97 Å². The van der Waals surface area contributed by atoms with Crippen LogP contribution in [0, 0.1) is 6.92 Å². The highest BCUT2D eigenvalue weighted by molar-refractivity contribution is 5.78. The zero-order chi connectivity index (χ0) is 17.1. The Morgan fingerprint density at radius 1 is 0.760 bits per heavy atom. The van der Waals surface area contributed by atoms with Crippen molar-refractivity contribution >= 4 is 5.57 Å². The van der Waals surface area contributed by atoms with E-state index >= 15 is 0 Å². The Morgan fingerprint density at radius 3 is 2.36 bits per heavy atom. The van der Waals surface area contributed by atoms with Crippen LogP contribution in [0.1, 0.15) is 24.1 Å². The molecule has 0 saturated heterocycles. The minimum Gasteiger partial charge on any atom is -0.233 e. The van der Waals surface area contributed by atoms with Gasteiger partial charge < -0.3 is 0 Å². The molecular formula is C23H20N2. The van der Waals surface area contributed by atoms with Gasteiger partial charge in [-0.2, -0.15) is 0 Å². The molecule has 0 unspecified atom stereocenters. The number of benzene rings is 2. The maximum absolute atomic E-state index is 4.81. The number of nitrogens with zero attached hydrogens (tertiary/aromatic N) is 2. The zero-order valence-electron chi connectivity index (χ0n) is 14.3. The first kappa shape index (κ1) is 15.5. The third-order valence-corrected chi connectivity index (χ3v) is 4.37. The van der Waals surface area contributed by atoms with E-state index in [2.05, 4.69) is 53.5 Å². The van der Waals surface area contributed by atoms with Crippen LogP contribution in [0.15, 0.2) is 78.9 Å². The van der Waals surface area contributed by atoms with Crippen molar-refractivity contribution in [3.05, 3.63) is 90.1 Å². The molecule has 0 radical (unpaired) electrons. The van der Waals surface area contributed by atoms with Crippen LogP contribution in [0.5, 0.6) is 0 Å². The summed E-state index contributed by atoms with van der Waals surface area (Å²) in [4.78, 5) is 9.42. The van der Waals surface area contributed by atoms with E-state index in [1.54, 1.807) is 0 Å². The van der Waals surface area contributed by atoms with E-state index in [0.29, 0.717) is 0 Å². The zero-order valence-corrected chi connectivity index (χ0v) is 14.3. The Labute approximate surface area is 148 Å². The van der Waals surface area contributed by atoms with E-state index in [0.717, 1.165) is 41.2 Å². The van der Waals surface area contributed by atoms with Crippen molar-refractivity contribution in [1.29, 1.82) is 0 Å². The van der Waals surface area contributed by atoms with Gasteiger partial charge in [0.2, 0.25) is 0 Å². The molecule has 25 heavy (non-hydrogen) atoms. The molecule has 0 fully saturated rings. The van der Waals surface area contributed by atoms with Gasteiger partial charge in [-0.05, 0) is 43.0 Å². The molecule has 0 saturated carbocycles. The van der Waals surface area contributed by atoms with Crippen LogP contribution in [0.25, 0.3) is 28.2 Å². The van der Waals surface area contributed by atoms with Gasteiger partial charge in [0, 0.05) is 16.8 Å². The summed E-state index contributed by atoms with van der Waals surface area (Å²) in [5.74, 6) is 0.776. The van der Waals surface area contributed by atoms with E-state index in [9.17, 15) is 0 Å². The molecule has 0 spiro atoms. The number of aryl methyl sites for hydroxylation is 1. The van der Waals surface area contributed by atoms with Crippen molar-refractivity contribution in [1.82, 2.24) is 9.97 Å². The lowest BCUT2D eigenvalue weighted by molar-refractivity contribution is 1.04. The van der Waals surface area contributed by atoms with Gasteiger partial charge in [-0.1, -0.05) is 66.8 Å². The maximum Gasteiger partial charge on any atom is 0.160 e. The van der Waals surface area contributed by atoms with Gasteiger partial charge in [0.25, 0.3) is 0 Å². The molecule has 1 aliphatic rings. The van der Waals surface area contributed by atoms with Crippen molar-refractivity contribution in [3.8, 4) is 22.6 Å². The maximum atomic E-state index is 4.81. The third kappa shape index (κ3) is 3.43. The molecule has 1 aliphatic carbocycles. The first-order valence-electron chi connectivity index (χ1n) is 8.68. The Kier molecular flexibility index (Phi) is 4.26. The smallest absolute Gasteiger partial charge is 0.160 e. The molecule has 4 rings (SSSR count). The molecule has 2 nitrogen and oxygen atoms in total. The first-order chi connectivity index (χ1) is 12.3. The van der Waals surface area contributed by atoms with Crippen LogP contribution in [0.2, 0.25) is 0 Å². The van der Waals surface area contributed by atoms with Gasteiger partial charge in [0.1, 0.15) is 0 Å². The van der Waals surface area contributed by atoms with Crippen molar-refractivity contribution in [2.75, 3.05) is 0 Å². The predicted octanol–water partition coefficient (Wildman–Crippen LogP) is 5.85. The highest BCUT2D eigenvalue weighted by Crippen LogP contribution is 2.27. The minimum absolute atomic E-state index is 0.776. The molecule has 1 heterocycles. The summed E-state index contributed by atoms with van der Waals surface area (Å²) in [6.45, 7) is 2.02. The van der Waals surface area contributed by atoms with Crippen molar-refractivity contribution < 1.29 is 0 Å². The molecule has 0 aliphatic heterocycles. The second-order valence-corrected chi connectivity index (χ2v) is 6.30. The lowest BCUT2D eigenvalue weighted by atomic mass is 9.97. The normalized spacial score (nSPS) is 13.6. The van der Waals surface area contributed by atoms with E-state index in [1.807, 2.05) is 37.3 Å². The fourth-order valence-corrected chi connectivity index (χ4v) is 3.12. The molecule has 122 valence electrons. The molecule has 2 heteroatoms. The molecule has 3 aromatic rings. The number of aromatic nitrogens is 2. The minimum atomic E-state index is 0.776. The van der Waals surface area contributed by atoms with Gasteiger partial charge >= 0.3 is 0 Å². The summed E-state index contributed by atoms with van der Waals surface area (Å²) in [6, 6.07) is 20.8. The van der Waals surface area contributed by atoms with E-state index in [-0.39, 0.29) is 0 Å². The summed E-state index contributed by atoms with van der Waals surface area (Å²) in [5, 5.41) is 0. The molecular weight excluding hydrogens is 304 g/mol. The summed E-state index contributed by atoms with van der Waals surface area (Å²) < 4.78 is 0. The van der Waals surface area contributed by atoms with Gasteiger partial charge in [-0.15, -0.1) is 0 Å². The Balaban J connectivity index is 1.76. The van der Waals surface area contributed by atoms with Gasteiger partial charge in [0.15, 0.2) is 5.82 Å². The highest BCUT2D eigenvalue weighted by Gasteiger charge is 2.08. The largest absolute Gasteiger partial charge is 0.233 e. The standard InChI is InChI=1S/C23H20N2/c1-17-15-22(25-23(24-17)19-11-6-3-7-12-19)21-14-8-13-20(16-21)18-9-4-2-5-10-18/h3-4,6-16H,2,5H2,1H3. The Bertz CT molecular complexity index is 953. The average molecular weight is 324 g/mol. The summed E-state index contributed by atoms with van der Waals surface area (Å²) in [7, 11) is 0. The third-order valence-electron chi connectivity index (χ3n) is 4.37. The number of rotatable bonds is 3. The molecule has 1 aromatic heterocycles. The predicted molar refractivity (Wildman–Crippen MR) is 104 cm³/mol. The van der Waals surface area contributed by atoms with Gasteiger partial charge in [-0.25, -0.2) is 9.97 Å². The van der Waals surface area contributed by atoms with Gasteiger partial charge in [-0.3, -0.25) is 0 Å². The average Bonchev–Trinajstić information content (AvgIpc) is 2.69.